The van der Waals surface area contributed by atoms with Gasteiger partial charge in [-0.2, -0.15) is 0 Å². The number of phenolic OH excluding ortho intramolecular Hbond substituents is 1. The molecular formula is C23H23N3O4. The molecule has 2 aromatic carbocycles. The number of fused-ring (bicyclic) bond motifs is 1. The van der Waals surface area contributed by atoms with Crippen molar-refractivity contribution in [1.82, 2.24) is 10.3 Å². The molecule has 0 aliphatic heterocycles. The molecule has 1 aliphatic rings. The Morgan fingerprint density at radius 1 is 0.967 bits per heavy atom. The second-order valence-corrected chi connectivity index (χ2v) is 7.60. The van der Waals surface area contributed by atoms with Crippen molar-refractivity contribution < 1.29 is 14.7 Å². The number of benzene rings is 2. The zero-order valence-electron chi connectivity index (χ0n) is 16.4. The van der Waals surface area contributed by atoms with Gasteiger partial charge in [0.1, 0.15) is 5.75 Å². The van der Waals surface area contributed by atoms with Gasteiger partial charge in [-0.1, -0.05) is 31.4 Å². The first-order valence-corrected chi connectivity index (χ1v) is 10.1. The number of aromatic amines is 1. The molecule has 1 saturated carbocycles. The first kappa shape index (κ1) is 19.7. The lowest BCUT2D eigenvalue weighted by molar-refractivity contribution is 0.0924. The SMILES string of the molecule is O=C(NC1CCCCC1)c1ccc(NC(=O)c2cccc3cc(=O)[nH]cc23)cc1O. The van der Waals surface area contributed by atoms with Crippen LogP contribution in [0.25, 0.3) is 10.8 Å². The number of H-pyrrole nitrogens is 1. The minimum absolute atomic E-state index is 0.142. The van der Waals surface area contributed by atoms with Crippen molar-refractivity contribution in [2.45, 2.75) is 38.1 Å². The molecule has 0 radical (unpaired) electrons. The smallest absolute Gasteiger partial charge is 0.256 e. The number of nitrogens with one attached hydrogen (secondary N) is 3. The minimum atomic E-state index is -0.383. The van der Waals surface area contributed by atoms with E-state index in [1.54, 1.807) is 24.3 Å². The Bertz CT molecular complexity index is 1160. The lowest BCUT2D eigenvalue weighted by atomic mass is 9.95. The lowest BCUT2D eigenvalue weighted by Crippen LogP contribution is -2.36. The van der Waals surface area contributed by atoms with Crippen molar-refractivity contribution in [2.24, 2.45) is 0 Å². The fourth-order valence-corrected chi connectivity index (χ4v) is 3.90. The maximum Gasteiger partial charge on any atom is 0.256 e. The van der Waals surface area contributed by atoms with Gasteiger partial charge in [-0.3, -0.25) is 14.4 Å². The molecule has 1 aromatic heterocycles. The lowest BCUT2D eigenvalue weighted by Gasteiger charge is -2.23. The van der Waals surface area contributed by atoms with Crippen LogP contribution in [-0.4, -0.2) is 27.9 Å². The number of rotatable bonds is 4. The highest BCUT2D eigenvalue weighted by Gasteiger charge is 2.19. The number of carbonyl (C=O) groups excluding carboxylic acids is 2. The van der Waals surface area contributed by atoms with E-state index in [4.69, 9.17) is 0 Å². The van der Waals surface area contributed by atoms with E-state index in [9.17, 15) is 19.5 Å². The highest BCUT2D eigenvalue weighted by molar-refractivity contribution is 6.13. The second kappa shape index (κ2) is 8.41. The molecule has 0 saturated heterocycles. The summed E-state index contributed by atoms with van der Waals surface area (Å²) in [4.78, 5) is 39.3. The third-order valence-corrected chi connectivity index (χ3v) is 5.47. The molecule has 1 heterocycles. The van der Waals surface area contributed by atoms with Crippen LogP contribution in [0, 0.1) is 0 Å². The predicted molar refractivity (Wildman–Crippen MR) is 115 cm³/mol. The zero-order valence-corrected chi connectivity index (χ0v) is 16.4. The Morgan fingerprint density at radius 3 is 2.53 bits per heavy atom. The largest absolute Gasteiger partial charge is 0.507 e. The van der Waals surface area contributed by atoms with E-state index in [-0.39, 0.29) is 34.7 Å². The van der Waals surface area contributed by atoms with E-state index >= 15 is 0 Å². The molecule has 4 N–H and O–H groups in total. The van der Waals surface area contributed by atoms with Crippen LogP contribution >= 0.6 is 0 Å². The van der Waals surface area contributed by atoms with Gasteiger partial charge in [0.25, 0.3) is 11.8 Å². The highest BCUT2D eigenvalue weighted by atomic mass is 16.3. The van der Waals surface area contributed by atoms with E-state index in [1.165, 1.54) is 30.8 Å². The number of aromatic nitrogens is 1. The minimum Gasteiger partial charge on any atom is -0.507 e. The fraction of sp³-hybridized carbons (Fsp3) is 0.261. The molecule has 154 valence electrons. The summed E-state index contributed by atoms with van der Waals surface area (Å²) >= 11 is 0. The molecule has 4 rings (SSSR count). The van der Waals surface area contributed by atoms with Gasteiger partial charge in [0.2, 0.25) is 5.56 Å². The molecule has 0 spiro atoms. The number of aromatic hydroxyl groups is 1. The fourth-order valence-electron chi connectivity index (χ4n) is 3.90. The van der Waals surface area contributed by atoms with Gasteiger partial charge in [-0.25, -0.2) is 0 Å². The van der Waals surface area contributed by atoms with Crippen molar-refractivity contribution in [3.63, 3.8) is 0 Å². The predicted octanol–water partition coefficient (Wildman–Crippen LogP) is 3.55. The second-order valence-electron chi connectivity index (χ2n) is 7.60. The highest BCUT2D eigenvalue weighted by Crippen LogP contribution is 2.25. The van der Waals surface area contributed by atoms with Gasteiger partial charge in [-0.15, -0.1) is 0 Å². The van der Waals surface area contributed by atoms with E-state index in [2.05, 4.69) is 15.6 Å². The first-order chi connectivity index (χ1) is 14.5. The molecule has 1 aliphatic carbocycles. The number of hydrogen-bond donors (Lipinski definition) is 4. The van der Waals surface area contributed by atoms with E-state index < -0.39 is 0 Å². The van der Waals surface area contributed by atoms with Gasteiger partial charge in [0, 0.05) is 41.0 Å². The van der Waals surface area contributed by atoms with Gasteiger partial charge in [-0.05, 0) is 36.4 Å². The third kappa shape index (κ3) is 4.20. The van der Waals surface area contributed by atoms with Crippen LogP contribution in [0.2, 0.25) is 0 Å². The average Bonchev–Trinajstić information content (AvgIpc) is 2.73. The van der Waals surface area contributed by atoms with Crippen molar-refractivity contribution in [3.05, 3.63) is 70.1 Å². The van der Waals surface area contributed by atoms with Crippen LogP contribution in [0.4, 0.5) is 5.69 Å². The average molecular weight is 405 g/mol. The number of phenols is 1. The molecule has 30 heavy (non-hydrogen) atoms. The van der Waals surface area contributed by atoms with Crippen LogP contribution in [0.5, 0.6) is 5.75 Å². The van der Waals surface area contributed by atoms with Crippen LogP contribution in [0.3, 0.4) is 0 Å². The molecule has 0 unspecified atom stereocenters. The Hall–Kier alpha value is -3.61. The molecule has 2 amide bonds. The van der Waals surface area contributed by atoms with Crippen molar-refractivity contribution >= 4 is 28.3 Å². The van der Waals surface area contributed by atoms with Crippen molar-refractivity contribution in [1.29, 1.82) is 0 Å². The van der Waals surface area contributed by atoms with E-state index in [1.807, 2.05) is 0 Å². The molecule has 0 bridgehead atoms. The molecule has 7 heteroatoms. The number of amides is 2. The van der Waals surface area contributed by atoms with Crippen LogP contribution < -0.4 is 16.2 Å². The molecule has 0 atom stereocenters. The van der Waals surface area contributed by atoms with Crippen molar-refractivity contribution in [3.8, 4) is 5.75 Å². The summed E-state index contributed by atoms with van der Waals surface area (Å²) in [5, 5.41) is 17.3. The Morgan fingerprint density at radius 2 is 1.77 bits per heavy atom. The number of hydrogen-bond acceptors (Lipinski definition) is 4. The number of carbonyl (C=O) groups is 2. The Kier molecular flexibility index (Phi) is 5.52. The maximum absolute atomic E-state index is 12.7. The topological polar surface area (TPSA) is 111 Å². The third-order valence-electron chi connectivity index (χ3n) is 5.47. The Labute approximate surface area is 173 Å². The number of pyridine rings is 1. The monoisotopic (exact) mass is 405 g/mol. The van der Waals surface area contributed by atoms with Crippen LogP contribution in [-0.2, 0) is 0 Å². The number of anilines is 1. The normalized spacial score (nSPS) is 14.4. The summed E-state index contributed by atoms with van der Waals surface area (Å²) in [5.74, 6) is -0.884. The summed E-state index contributed by atoms with van der Waals surface area (Å²) in [7, 11) is 0. The summed E-state index contributed by atoms with van der Waals surface area (Å²) in [6.45, 7) is 0. The maximum atomic E-state index is 12.7. The van der Waals surface area contributed by atoms with Crippen LogP contribution in [0.15, 0.2) is 53.5 Å². The van der Waals surface area contributed by atoms with Gasteiger partial charge >= 0.3 is 0 Å². The summed E-state index contributed by atoms with van der Waals surface area (Å²) < 4.78 is 0. The zero-order chi connectivity index (χ0) is 21.1. The Balaban J connectivity index is 1.50. The summed E-state index contributed by atoms with van der Waals surface area (Å²) in [6, 6.07) is 11.1. The molecular weight excluding hydrogens is 382 g/mol. The van der Waals surface area contributed by atoms with Crippen LogP contribution in [0.1, 0.15) is 52.8 Å². The molecule has 7 nitrogen and oxygen atoms in total. The quantitative estimate of drug-likeness (QED) is 0.532. The van der Waals surface area contributed by atoms with E-state index in [0.717, 1.165) is 25.7 Å². The van der Waals surface area contributed by atoms with E-state index in [0.29, 0.717) is 22.0 Å². The molecule has 1 fully saturated rings. The standard InChI is InChI=1S/C23H23N3O4/c27-20-12-16(9-10-18(20)23(30)25-15-6-2-1-3-7-15)26-22(29)17-8-4-5-14-11-21(28)24-13-19(14)17/h4-5,8-13,15,27H,1-3,6-7H2,(H,24,28)(H,25,30)(H,26,29). The first-order valence-electron chi connectivity index (χ1n) is 10.1. The molecule has 3 aromatic rings. The van der Waals surface area contributed by atoms with Gasteiger partial charge in [0.15, 0.2) is 0 Å². The summed E-state index contributed by atoms with van der Waals surface area (Å²) in [6.07, 6.45) is 6.81. The van der Waals surface area contributed by atoms with Gasteiger partial charge in [0.05, 0.1) is 5.56 Å². The van der Waals surface area contributed by atoms with Crippen molar-refractivity contribution in [2.75, 3.05) is 5.32 Å². The van der Waals surface area contributed by atoms with Gasteiger partial charge < -0.3 is 20.7 Å². The summed E-state index contributed by atoms with van der Waals surface area (Å²) in [5.41, 5.74) is 0.698.